The first kappa shape index (κ1) is 38.1. The van der Waals surface area contributed by atoms with Gasteiger partial charge in [0.15, 0.2) is 0 Å². The van der Waals surface area contributed by atoms with E-state index in [2.05, 4.69) is 187 Å². The lowest BCUT2D eigenvalue weighted by Gasteiger charge is -2.26. The molecule has 0 aliphatic heterocycles. The Morgan fingerprint density at radius 2 is 0.847 bits per heavy atom. The molecule has 7 aromatic carbocycles. The van der Waals surface area contributed by atoms with Gasteiger partial charge >= 0.3 is 5.97 Å². The van der Waals surface area contributed by atoms with E-state index in [1.807, 2.05) is 36.4 Å². The van der Waals surface area contributed by atoms with E-state index in [1.165, 1.54) is 17.4 Å². The van der Waals surface area contributed by atoms with Gasteiger partial charge in [-0.05, 0) is 117 Å². The fourth-order valence-electron chi connectivity index (χ4n) is 7.00. The summed E-state index contributed by atoms with van der Waals surface area (Å²) in [6.45, 7) is 0. The minimum absolute atomic E-state index is 0.292. The van der Waals surface area contributed by atoms with Gasteiger partial charge in [-0.25, -0.2) is 4.79 Å². The van der Waals surface area contributed by atoms with Crippen molar-refractivity contribution in [3.05, 3.63) is 250 Å². The summed E-state index contributed by atoms with van der Waals surface area (Å²) >= 11 is 1.44. The van der Waals surface area contributed by atoms with Crippen LogP contribution in [0.4, 0.5) is 17.1 Å². The molecule has 1 aromatic heterocycles. The molecule has 0 radical (unpaired) electrons. The maximum atomic E-state index is 11.4. The highest BCUT2D eigenvalue weighted by Crippen LogP contribution is 2.38. The Morgan fingerprint density at radius 1 is 0.475 bits per heavy atom. The average molecular weight is 779 g/mol. The summed E-state index contributed by atoms with van der Waals surface area (Å²) in [5, 5.41) is 18.6. The normalized spacial score (nSPS) is 10.9. The van der Waals surface area contributed by atoms with Gasteiger partial charge in [-0.15, -0.1) is 11.3 Å². The molecule has 4 nitrogen and oxygen atoms in total. The largest absolute Gasteiger partial charge is 0.477 e. The summed E-state index contributed by atoms with van der Waals surface area (Å²) < 4.78 is 0. The zero-order chi connectivity index (χ0) is 40.4. The molecule has 5 heteroatoms. The number of rotatable bonds is 12. The average Bonchev–Trinajstić information content (AvgIpc) is 3.77. The Hall–Kier alpha value is -7.78. The standard InChI is InChI=1S/C54H38N2O2S/c55-38-46(54(57)58)37-50-33-34-53(59-50)45-25-31-49(32-26-45)56(47-27-21-39(22-28-47)35-51(41-13-5-1-6-14-41)42-15-7-2-8-16-42)48-29-23-40(24-30-48)36-52(43-17-9-3-10-18-43)44-19-11-4-12-20-44/h1-37H,(H,57,58). The Kier molecular flexibility index (Phi) is 11.6. The third-order valence-electron chi connectivity index (χ3n) is 9.94. The van der Waals surface area contributed by atoms with Crippen LogP contribution in [0.25, 0.3) is 39.8 Å². The minimum atomic E-state index is -1.24. The van der Waals surface area contributed by atoms with Crippen LogP contribution in [0.5, 0.6) is 0 Å². The third-order valence-corrected chi connectivity index (χ3v) is 11.0. The molecule has 0 saturated carbocycles. The molecule has 0 amide bonds. The molecular weight excluding hydrogens is 741 g/mol. The summed E-state index contributed by atoms with van der Waals surface area (Å²) in [7, 11) is 0. The van der Waals surface area contributed by atoms with Crippen LogP contribution in [0.3, 0.4) is 0 Å². The highest BCUT2D eigenvalue weighted by molar-refractivity contribution is 7.16. The van der Waals surface area contributed by atoms with Gasteiger partial charge in [-0.1, -0.05) is 158 Å². The number of benzene rings is 7. The minimum Gasteiger partial charge on any atom is -0.477 e. The van der Waals surface area contributed by atoms with E-state index in [4.69, 9.17) is 0 Å². The van der Waals surface area contributed by atoms with Crippen molar-refractivity contribution in [2.24, 2.45) is 0 Å². The van der Waals surface area contributed by atoms with Crippen LogP contribution in [0.1, 0.15) is 38.3 Å². The number of carboxylic acid groups (broad SMARTS) is 1. The van der Waals surface area contributed by atoms with Gasteiger partial charge in [0.05, 0.1) is 0 Å². The Labute approximate surface area is 348 Å². The number of carboxylic acids is 1. The maximum Gasteiger partial charge on any atom is 0.346 e. The molecule has 0 unspecified atom stereocenters. The van der Waals surface area contributed by atoms with Gasteiger partial charge in [-0.3, -0.25) is 0 Å². The second kappa shape index (κ2) is 18.0. The zero-order valence-electron chi connectivity index (χ0n) is 32.0. The number of carbonyl (C=O) groups is 1. The first-order valence-electron chi connectivity index (χ1n) is 19.2. The molecule has 0 aliphatic carbocycles. The Balaban J connectivity index is 1.16. The molecular formula is C54H38N2O2S. The number of aliphatic carboxylic acids is 1. The van der Waals surface area contributed by atoms with Crippen molar-refractivity contribution in [2.75, 3.05) is 4.90 Å². The quantitative estimate of drug-likeness (QED) is 0.0762. The lowest BCUT2D eigenvalue weighted by molar-refractivity contribution is -0.132. The number of hydrogen-bond donors (Lipinski definition) is 1. The highest BCUT2D eigenvalue weighted by atomic mass is 32.1. The molecule has 0 atom stereocenters. The van der Waals surface area contributed by atoms with Crippen molar-refractivity contribution in [1.29, 1.82) is 5.26 Å². The molecule has 0 spiro atoms. The van der Waals surface area contributed by atoms with E-state index in [0.29, 0.717) is 4.88 Å². The van der Waals surface area contributed by atoms with Crippen LogP contribution in [0.2, 0.25) is 0 Å². The molecule has 8 aromatic rings. The van der Waals surface area contributed by atoms with Gasteiger partial charge in [0.2, 0.25) is 0 Å². The molecule has 282 valence electrons. The number of hydrogen-bond acceptors (Lipinski definition) is 4. The van der Waals surface area contributed by atoms with Crippen LogP contribution in [0.15, 0.2) is 212 Å². The van der Waals surface area contributed by atoms with Gasteiger partial charge in [0.25, 0.3) is 0 Å². The number of nitrogens with zero attached hydrogens (tertiary/aromatic N) is 2. The second-order valence-electron chi connectivity index (χ2n) is 13.8. The molecule has 59 heavy (non-hydrogen) atoms. The Morgan fingerprint density at radius 3 is 1.20 bits per heavy atom. The second-order valence-corrected chi connectivity index (χ2v) is 14.9. The van der Waals surface area contributed by atoms with Crippen molar-refractivity contribution in [3.8, 4) is 16.5 Å². The smallest absolute Gasteiger partial charge is 0.346 e. The summed E-state index contributed by atoms with van der Waals surface area (Å²) in [6, 6.07) is 73.2. The molecule has 1 heterocycles. The first-order valence-corrected chi connectivity index (χ1v) is 20.0. The van der Waals surface area contributed by atoms with E-state index < -0.39 is 5.97 Å². The fraction of sp³-hybridized carbons (Fsp3) is 0. The van der Waals surface area contributed by atoms with E-state index >= 15 is 0 Å². The van der Waals surface area contributed by atoms with E-state index in [-0.39, 0.29) is 5.57 Å². The SMILES string of the molecule is N#CC(=Cc1ccc(-c2ccc(N(c3ccc(C=C(c4ccccc4)c4ccccc4)cc3)c3ccc(C=C(c4ccccc4)c4ccccc4)cc3)cc2)s1)C(=O)O. The van der Waals surface area contributed by atoms with Crippen molar-refractivity contribution in [2.45, 2.75) is 0 Å². The van der Waals surface area contributed by atoms with Gasteiger partial charge in [0, 0.05) is 26.8 Å². The van der Waals surface area contributed by atoms with Crippen molar-refractivity contribution < 1.29 is 9.90 Å². The molecule has 0 saturated heterocycles. The number of thiophene rings is 1. The third kappa shape index (κ3) is 9.11. The maximum absolute atomic E-state index is 11.4. The number of nitriles is 1. The van der Waals surface area contributed by atoms with Crippen LogP contribution >= 0.6 is 11.3 Å². The Bertz CT molecular complexity index is 2580. The summed E-state index contributed by atoms with van der Waals surface area (Å²) in [5.74, 6) is -1.24. The van der Waals surface area contributed by atoms with E-state index in [9.17, 15) is 15.2 Å². The topological polar surface area (TPSA) is 64.3 Å². The van der Waals surface area contributed by atoms with Gasteiger partial charge in [0.1, 0.15) is 11.6 Å². The van der Waals surface area contributed by atoms with Crippen molar-refractivity contribution in [3.63, 3.8) is 0 Å². The fourth-order valence-corrected chi connectivity index (χ4v) is 7.96. The molecule has 1 N–H and O–H groups in total. The molecule has 0 aliphatic rings. The molecule has 0 fully saturated rings. The van der Waals surface area contributed by atoms with Gasteiger partial charge < -0.3 is 10.0 Å². The van der Waals surface area contributed by atoms with Crippen LogP contribution < -0.4 is 4.90 Å². The summed E-state index contributed by atoms with van der Waals surface area (Å²) in [4.78, 5) is 15.4. The molecule has 0 bridgehead atoms. The van der Waals surface area contributed by atoms with Crippen LogP contribution in [-0.2, 0) is 4.79 Å². The lowest BCUT2D eigenvalue weighted by Crippen LogP contribution is -2.09. The van der Waals surface area contributed by atoms with E-state index in [1.54, 1.807) is 6.07 Å². The first-order chi connectivity index (χ1) is 29.0. The van der Waals surface area contributed by atoms with Gasteiger partial charge in [-0.2, -0.15) is 5.26 Å². The summed E-state index contributed by atoms with van der Waals surface area (Å²) in [5.41, 5.74) is 12.8. The monoisotopic (exact) mass is 778 g/mol. The van der Waals surface area contributed by atoms with Crippen molar-refractivity contribution >= 4 is 63.7 Å². The molecule has 8 rings (SSSR count). The van der Waals surface area contributed by atoms with Crippen LogP contribution in [-0.4, -0.2) is 11.1 Å². The number of anilines is 3. The summed E-state index contributed by atoms with van der Waals surface area (Å²) in [6.07, 6.45) is 5.90. The predicted octanol–water partition coefficient (Wildman–Crippen LogP) is 14.1. The lowest BCUT2D eigenvalue weighted by atomic mass is 9.95. The van der Waals surface area contributed by atoms with Crippen molar-refractivity contribution in [1.82, 2.24) is 0 Å². The zero-order valence-corrected chi connectivity index (χ0v) is 32.8. The highest BCUT2D eigenvalue weighted by Gasteiger charge is 2.15. The predicted molar refractivity (Wildman–Crippen MR) is 245 cm³/mol. The van der Waals surface area contributed by atoms with Crippen LogP contribution in [0, 0.1) is 11.3 Å². The van der Waals surface area contributed by atoms with E-state index in [0.717, 1.165) is 72.0 Å².